The summed E-state index contributed by atoms with van der Waals surface area (Å²) in [4.78, 5) is 37.7. The van der Waals surface area contributed by atoms with Crippen molar-refractivity contribution in [1.29, 1.82) is 0 Å². The number of likely N-dealkylation sites (N-methyl/N-ethyl adjacent to an activating group) is 1. The summed E-state index contributed by atoms with van der Waals surface area (Å²) in [6, 6.07) is 4.25. The van der Waals surface area contributed by atoms with E-state index in [2.05, 4.69) is 15.5 Å². The molecule has 2 rings (SSSR count). The average molecular weight is 420 g/mol. The summed E-state index contributed by atoms with van der Waals surface area (Å²) in [6.07, 6.45) is 1.49. The van der Waals surface area contributed by atoms with Crippen LogP contribution in [0.15, 0.2) is 34.6 Å². The minimum atomic E-state index is -0.544. The quantitative estimate of drug-likeness (QED) is 0.538. The Morgan fingerprint density at radius 3 is 2.55 bits per heavy atom. The molecule has 29 heavy (non-hydrogen) atoms. The molecule has 156 valence electrons. The van der Waals surface area contributed by atoms with Crippen LogP contribution >= 0.6 is 11.8 Å². The SMILES string of the molecule is CCN(CC(=O)NC(C)(C)C)C(=O)c1ccc(Sc2nncn2C)c([N+](=O)[O-])c1. The Hall–Kier alpha value is -2.95. The van der Waals surface area contributed by atoms with Gasteiger partial charge in [-0.2, -0.15) is 0 Å². The predicted molar refractivity (Wildman–Crippen MR) is 108 cm³/mol. The number of nitrogens with one attached hydrogen (secondary N) is 1. The van der Waals surface area contributed by atoms with Gasteiger partial charge in [0.15, 0.2) is 5.16 Å². The summed E-state index contributed by atoms with van der Waals surface area (Å²) in [6.45, 7) is 7.45. The molecule has 0 unspecified atom stereocenters. The second-order valence-electron chi connectivity index (χ2n) is 7.38. The summed E-state index contributed by atoms with van der Waals surface area (Å²) in [7, 11) is 1.73. The van der Waals surface area contributed by atoms with Gasteiger partial charge in [0.2, 0.25) is 5.91 Å². The van der Waals surface area contributed by atoms with Crippen LogP contribution in [0.1, 0.15) is 38.1 Å². The minimum Gasteiger partial charge on any atom is -0.350 e. The van der Waals surface area contributed by atoms with E-state index in [-0.39, 0.29) is 23.7 Å². The molecule has 0 aliphatic heterocycles. The first-order valence-electron chi connectivity index (χ1n) is 8.92. The Morgan fingerprint density at radius 2 is 2.03 bits per heavy atom. The van der Waals surface area contributed by atoms with Gasteiger partial charge in [-0.1, -0.05) is 0 Å². The van der Waals surface area contributed by atoms with Crippen LogP contribution in [0.4, 0.5) is 5.69 Å². The fraction of sp³-hybridized carbons (Fsp3) is 0.444. The van der Waals surface area contributed by atoms with E-state index >= 15 is 0 Å². The number of nitro benzene ring substituents is 1. The van der Waals surface area contributed by atoms with Crippen molar-refractivity contribution in [2.75, 3.05) is 13.1 Å². The molecule has 1 N–H and O–H groups in total. The standard InChI is InChI=1S/C18H24N6O4S/c1-6-23(10-15(25)20-18(2,3)4)16(26)12-7-8-14(13(9-12)24(27)28)29-17-21-19-11-22(17)5/h7-9,11H,6,10H2,1-5H3,(H,20,25). The van der Waals surface area contributed by atoms with Gasteiger partial charge in [-0.15, -0.1) is 10.2 Å². The Morgan fingerprint density at radius 1 is 1.34 bits per heavy atom. The topological polar surface area (TPSA) is 123 Å². The first kappa shape index (κ1) is 22.3. The highest BCUT2D eigenvalue weighted by atomic mass is 32.2. The number of hydrogen-bond donors (Lipinski definition) is 1. The van der Waals surface area contributed by atoms with Crippen LogP contribution in [0, 0.1) is 10.1 Å². The van der Waals surface area contributed by atoms with Crippen LogP contribution in [-0.2, 0) is 11.8 Å². The lowest BCUT2D eigenvalue weighted by Crippen LogP contribution is -2.47. The molecule has 2 amide bonds. The van der Waals surface area contributed by atoms with Gasteiger partial charge in [0.25, 0.3) is 11.6 Å². The summed E-state index contributed by atoms with van der Waals surface area (Å²) in [5.41, 5.74) is -0.486. The fourth-order valence-electron chi connectivity index (χ4n) is 2.48. The van der Waals surface area contributed by atoms with Gasteiger partial charge in [0.05, 0.1) is 16.4 Å². The van der Waals surface area contributed by atoms with Crippen LogP contribution in [0.2, 0.25) is 0 Å². The monoisotopic (exact) mass is 420 g/mol. The summed E-state index contributed by atoms with van der Waals surface area (Å²) in [5.74, 6) is -0.744. The molecule has 0 spiro atoms. The number of carbonyl (C=O) groups is 2. The fourth-order valence-corrected chi connectivity index (χ4v) is 3.33. The van der Waals surface area contributed by atoms with Crippen LogP contribution < -0.4 is 5.32 Å². The zero-order chi connectivity index (χ0) is 21.8. The highest BCUT2D eigenvalue weighted by Crippen LogP contribution is 2.34. The zero-order valence-electron chi connectivity index (χ0n) is 17.0. The van der Waals surface area contributed by atoms with E-state index in [0.29, 0.717) is 16.6 Å². The highest BCUT2D eigenvalue weighted by Gasteiger charge is 2.24. The molecular weight excluding hydrogens is 396 g/mol. The van der Waals surface area contributed by atoms with Gasteiger partial charge in [-0.25, -0.2) is 0 Å². The third-order valence-electron chi connectivity index (χ3n) is 3.79. The number of aromatic nitrogens is 3. The molecule has 0 aliphatic carbocycles. The van der Waals surface area contributed by atoms with Crippen LogP contribution in [-0.4, -0.2) is 55.0 Å². The largest absolute Gasteiger partial charge is 0.350 e. The van der Waals surface area contributed by atoms with E-state index in [9.17, 15) is 19.7 Å². The van der Waals surface area contributed by atoms with Gasteiger partial charge in [0.1, 0.15) is 6.33 Å². The summed E-state index contributed by atoms with van der Waals surface area (Å²) in [5, 5.41) is 22.5. The molecule has 0 fully saturated rings. The average Bonchev–Trinajstić information content (AvgIpc) is 3.02. The minimum absolute atomic E-state index is 0.129. The summed E-state index contributed by atoms with van der Waals surface area (Å²) >= 11 is 1.09. The summed E-state index contributed by atoms with van der Waals surface area (Å²) < 4.78 is 1.64. The zero-order valence-corrected chi connectivity index (χ0v) is 17.8. The van der Waals surface area contributed by atoms with Crippen LogP contribution in [0.3, 0.4) is 0 Å². The van der Waals surface area contributed by atoms with E-state index in [1.165, 1.54) is 29.4 Å². The number of rotatable bonds is 7. The Balaban J connectivity index is 2.25. The molecule has 0 radical (unpaired) electrons. The van der Waals surface area contributed by atoms with E-state index in [4.69, 9.17) is 0 Å². The third-order valence-corrected chi connectivity index (χ3v) is 4.91. The number of aryl methyl sites for hydroxylation is 1. The van der Waals surface area contributed by atoms with Gasteiger partial charge >= 0.3 is 0 Å². The van der Waals surface area contributed by atoms with E-state index < -0.39 is 16.4 Å². The van der Waals surface area contributed by atoms with Crippen molar-refractivity contribution in [1.82, 2.24) is 25.0 Å². The van der Waals surface area contributed by atoms with Gasteiger partial charge in [0, 0.05) is 30.8 Å². The van der Waals surface area contributed by atoms with Gasteiger partial charge < -0.3 is 14.8 Å². The van der Waals surface area contributed by atoms with Crippen LogP contribution in [0.5, 0.6) is 0 Å². The molecule has 0 atom stereocenters. The maximum absolute atomic E-state index is 12.8. The molecule has 0 saturated heterocycles. The lowest BCUT2D eigenvalue weighted by Gasteiger charge is -2.25. The van der Waals surface area contributed by atoms with Crippen LogP contribution in [0.25, 0.3) is 0 Å². The molecule has 1 heterocycles. The Bertz CT molecular complexity index is 921. The van der Waals surface area contributed by atoms with Gasteiger partial charge in [-0.05, 0) is 51.6 Å². The Labute approximate surface area is 172 Å². The van der Waals surface area contributed by atoms with Crippen molar-refractivity contribution in [3.05, 3.63) is 40.2 Å². The Kier molecular flexibility index (Phi) is 6.96. The second kappa shape index (κ2) is 9.03. The molecule has 0 saturated carbocycles. The van der Waals surface area contributed by atoms with Crippen molar-refractivity contribution >= 4 is 29.3 Å². The smallest absolute Gasteiger partial charge is 0.284 e. The van der Waals surface area contributed by atoms with E-state index in [0.717, 1.165) is 11.8 Å². The number of amides is 2. The number of benzene rings is 1. The molecule has 0 bridgehead atoms. The number of carbonyl (C=O) groups excluding carboxylic acids is 2. The molecule has 2 aromatic rings. The van der Waals surface area contributed by atoms with Crippen molar-refractivity contribution < 1.29 is 14.5 Å². The maximum atomic E-state index is 12.8. The molecule has 1 aromatic carbocycles. The molecular formula is C18H24N6O4S. The number of nitrogens with zero attached hydrogens (tertiary/aromatic N) is 5. The van der Waals surface area contributed by atoms with Crippen molar-refractivity contribution in [3.8, 4) is 0 Å². The lowest BCUT2D eigenvalue weighted by molar-refractivity contribution is -0.387. The predicted octanol–water partition coefficient (Wildman–Crippen LogP) is 2.25. The molecule has 0 aliphatic rings. The lowest BCUT2D eigenvalue weighted by atomic mass is 10.1. The normalized spacial score (nSPS) is 11.2. The van der Waals surface area contributed by atoms with Crippen molar-refractivity contribution in [2.24, 2.45) is 7.05 Å². The van der Waals surface area contributed by atoms with E-state index in [1.807, 2.05) is 20.8 Å². The second-order valence-corrected chi connectivity index (χ2v) is 8.39. The first-order chi connectivity index (χ1) is 13.5. The molecule has 1 aromatic heterocycles. The van der Waals surface area contributed by atoms with E-state index in [1.54, 1.807) is 18.5 Å². The third kappa shape index (κ3) is 6.01. The first-order valence-corrected chi connectivity index (χ1v) is 9.74. The maximum Gasteiger partial charge on any atom is 0.284 e. The number of nitro groups is 1. The molecule has 10 nitrogen and oxygen atoms in total. The molecule has 11 heteroatoms. The number of hydrogen-bond acceptors (Lipinski definition) is 7. The highest BCUT2D eigenvalue weighted by molar-refractivity contribution is 7.99. The van der Waals surface area contributed by atoms with Crippen molar-refractivity contribution in [2.45, 2.75) is 43.3 Å². The van der Waals surface area contributed by atoms with Gasteiger partial charge in [-0.3, -0.25) is 19.7 Å². The van der Waals surface area contributed by atoms with Crippen molar-refractivity contribution in [3.63, 3.8) is 0 Å².